The summed E-state index contributed by atoms with van der Waals surface area (Å²) in [6.45, 7) is 7.04. The van der Waals surface area contributed by atoms with Crippen molar-refractivity contribution in [3.63, 3.8) is 0 Å². The lowest BCUT2D eigenvalue weighted by Gasteiger charge is -2.29. The number of para-hydroxylation sites is 1. The van der Waals surface area contributed by atoms with Gasteiger partial charge in [-0.05, 0) is 25.1 Å². The van der Waals surface area contributed by atoms with Crippen molar-refractivity contribution in [2.75, 3.05) is 49.2 Å². The number of guanidine groups is 1. The summed E-state index contributed by atoms with van der Waals surface area (Å²) in [5, 5.41) is 6.74. The first kappa shape index (κ1) is 24.2. The monoisotopic (exact) mass is 550 g/mol. The standard InChI is InChI=1S/C23H30N6O2.HI/c1-2-24-23(27-19-15-21(30)29(17-19)20-8-4-3-5-9-20)26-16-18-7-6-10-25-22(18)28-11-13-31-14-12-28;/h3-10,19H,2,11-17H2,1H3,(H2,24,26,27);1H. The number of hydrogen-bond donors (Lipinski definition) is 2. The summed E-state index contributed by atoms with van der Waals surface area (Å²) in [6.07, 6.45) is 2.27. The Bertz CT molecular complexity index is 904. The zero-order valence-electron chi connectivity index (χ0n) is 18.4. The number of aliphatic imine (C=N–C) groups is 1. The summed E-state index contributed by atoms with van der Waals surface area (Å²) in [5.41, 5.74) is 2.01. The minimum Gasteiger partial charge on any atom is -0.378 e. The van der Waals surface area contributed by atoms with Crippen molar-refractivity contribution < 1.29 is 9.53 Å². The summed E-state index contributed by atoms with van der Waals surface area (Å²) in [6, 6.07) is 13.8. The number of anilines is 2. The van der Waals surface area contributed by atoms with E-state index in [9.17, 15) is 4.79 Å². The number of benzene rings is 1. The molecule has 0 saturated carbocycles. The molecular formula is C23H31IN6O2. The molecule has 3 heterocycles. The van der Waals surface area contributed by atoms with E-state index in [1.54, 1.807) is 0 Å². The van der Waals surface area contributed by atoms with Gasteiger partial charge in [-0.15, -0.1) is 24.0 Å². The second-order valence-electron chi connectivity index (χ2n) is 7.67. The third kappa shape index (κ3) is 6.10. The number of carbonyl (C=O) groups is 1. The van der Waals surface area contributed by atoms with Crippen LogP contribution in [0, 0.1) is 0 Å². The van der Waals surface area contributed by atoms with Crippen LogP contribution in [-0.2, 0) is 16.1 Å². The quantitative estimate of drug-likeness (QED) is 0.327. The highest BCUT2D eigenvalue weighted by Crippen LogP contribution is 2.21. The molecule has 9 heteroatoms. The molecule has 2 aromatic rings. The largest absolute Gasteiger partial charge is 0.378 e. The molecule has 0 radical (unpaired) electrons. The first-order chi connectivity index (χ1) is 15.2. The molecule has 2 N–H and O–H groups in total. The summed E-state index contributed by atoms with van der Waals surface area (Å²) >= 11 is 0. The van der Waals surface area contributed by atoms with Gasteiger partial charge in [-0.1, -0.05) is 24.3 Å². The molecule has 2 fully saturated rings. The number of pyridine rings is 1. The number of carbonyl (C=O) groups excluding carboxylic acids is 1. The normalized spacial score (nSPS) is 19.0. The molecule has 4 rings (SSSR count). The first-order valence-corrected chi connectivity index (χ1v) is 10.9. The Morgan fingerprint density at radius 1 is 1.19 bits per heavy atom. The summed E-state index contributed by atoms with van der Waals surface area (Å²) < 4.78 is 5.47. The summed E-state index contributed by atoms with van der Waals surface area (Å²) in [7, 11) is 0. The van der Waals surface area contributed by atoms with E-state index in [1.807, 2.05) is 54.4 Å². The van der Waals surface area contributed by atoms with E-state index in [1.165, 1.54) is 0 Å². The molecule has 172 valence electrons. The SMILES string of the molecule is CCNC(=NCc1cccnc1N1CCOCC1)NC1CC(=O)N(c2ccccc2)C1.I. The fraction of sp³-hybridized carbons (Fsp3) is 0.435. The average molecular weight is 550 g/mol. The van der Waals surface area contributed by atoms with E-state index < -0.39 is 0 Å². The molecule has 1 aromatic carbocycles. The first-order valence-electron chi connectivity index (χ1n) is 10.9. The Kier molecular flexibility index (Phi) is 9.10. The van der Waals surface area contributed by atoms with Crippen LogP contribution in [0.5, 0.6) is 0 Å². The van der Waals surface area contributed by atoms with Gasteiger partial charge in [0.05, 0.1) is 25.8 Å². The Morgan fingerprint density at radius 2 is 1.97 bits per heavy atom. The summed E-state index contributed by atoms with van der Waals surface area (Å²) in [4.78, 5) is 26.0. The molecule has 1 unspecified atom stereocenters. The van der Waals surface area contributed by atoms with Crippen molar-refractivity contribution >= 4 is 47.3 Å². The zero-order chi connectivity index (χ0) is 21.5. The fourth-order valence-corrected chi connectivity index (χ4v) is 3.95. The number of nitrogens with zero attached hydrogens (tertiary/aromatic N) is 4. The fourth-order valence-electron chi connectivity index (χ4n) is 3.95. The Labute approximate surface area is 206 Å². The van der Waals surface area contributed by atoms with Gasteiger partial charge in [0.25, 0.3) is 0 Å². The van der Waals surface area contributed by atoms with E-state index in [0.29, 0.717) is 25.5 Å². The lowest BCUT2D eigenvalue weighted by atomic mass is 10.2. The maximum absolute atomic E-state index is 12.5. The van der Waals surface area contributed by atoms with Crippen molar-refractivity contribution in [3.05, 3.63) is 54.2 Å². The predicted octanol–water partition coefficient (Wildman–Crippen LogP) is 2.40. The molecule has 32 heavy (non-hydrogen) atoms. The van der Waals surface area contributed by atoms with Crippen LogP contribution in [0.3, 0.4) is 0 Å². The van der Waals surface area contributed by atoms with Crippen LogP contribution in [0.1, 0.15) is 18.9 Å². The molecule has 0 spiro atoms. The molecule has 0 aliphatic carbocycles. The number of amides is 1. The van der Waals surface area contributed by atoms with Crippen molar-refractivity contribution in [2.24, 2.45) is 4.99 Å². The number of morpholine rings is 1. The Morgan fingerprint density at radius 3 is 2.72 bits per heavy atom. The lowest BCUT2D eigenvalue weighted by molar-refractivity contribution is -0.117. The molecule has 1 aromatic heterocycles. The van der Waals surface area contributed by atoms with E-state index in [4.69, 9.17) is 9.73 Å². The molecule has 1 atom stereocenters. The van der Waals surface area contributed by atoms with Gasteiger partial charge in [0.2, 0.25) is 5.91 Å². The molecule has 8 nitrogen and oxygen atoms in total. The highest BCUT2D eigenvalue weighted by Gasteiger charge is 2.31. The molecule has 1 amide bonds. The van der Waals surface area contributed by atoms with Crippen LogP contribution >= 0.6 is 24.0 Å². The van der Waals surface area contributed by atoms with Gasteiger partial charge in [0.15, 0.2) is 5.96 Å². The minimum absolute atomic E-state index is 0. The average Bonchev–Trinajstić information content (AvgIpc) is 3.19. The Hall–Kier alpha value is -2.40. The third-order valence-electron chi connectivity index (χ3n) is 5.46. The van der Waals surface area contributed by atoms with Crippen LogP contribution in [0.25, 0.3) is 0 Å². The maximum atomic E-state index is 12.5. The Balaban J connectivity index is 0.00000289. The molecule has 2 aliphatic heterocycles. The van der Waals surface area contributed by atoms with Crippen LogP contribution in [0.4, 0.5) is 11.5 Å². The predicted molar refractivity (Wildman–Crippen MR) is 138 cm³/mol. The second-order valence-corrected chi connectivity index (χ2v) is 7.67. The zero-order valence-corrected chi connectivity index (χ0v) is 20.7. The van der Waals surface area contributed by atoms with Gasteiger partial charge >= 0.3 is 0 Å². The van der Waals surface area contributed by atoms with Gasteiger partial charge in [-0.3, -0.25) is 4.79 Å². The van der Waals surface area contributed by atoms with Crippen LogP contribution in [0.15, 0.2) is 53.7 Å². The second kappa shape index (κ2) is 12.0. The van der Waals surface area contributed by atoms with Gasteiger partial charge in [0.1, 0.15) is 5.82 Å². The highest BCUT2D eigenvalue weighted by molar-refractivity contribution is 14.0. The lowest BCUT2D eigenvalue weighted by Crippen LogP contribution is -2.44. The van der Waals surface area contributed by atoms with Gasteiger partial charge < -0.3 is 25.2 Å². The number of aromatic nitrogens is 1. The third-order valence-corrected chi connectivity index (χ3v) is 5.46. The topological polar surface area (TPSA) is 82.1 Å². The summed E-state index contributed by atoms with van der Waals surface area (Å²) in [5.74, 6) is 1.81. The van der Waals surface area contributed by atoms with Crippen molar-refractivity contribution in [3.8, 4) is 0 Å². The highest BCUT2D eigenvalue weighted by atomic mass is 127. The maximum Gasteiger partial charge on any atom is 0.229 e. The van der Waals surface area contributed by atoms with Crippen LogP contribution in [0.2, 0.25) is 0 Å². The van der Waals surface area contributed by atoms with Gasteiger partial charge in [-0.25, -0.2) is 9.98 Å². The number of nitrogens with one attached hydrogen (secondary N) is 2. The van der Waals surface area contributed by atoms with Crippen LogP contribution < -0.4 is 20.4 Å². The van der Waals surface area contributed by atoms with E-state index in [-0.39, 0.29) is 35.9 Å². The van der Waals surface area contributed by atoms with Crippen molar-refractivity contribution in [2.45, 2.75) is 25.9 Å². The number of rotatable bonds is 6. The number of hydrogen-bond acceptors (Lipinski definition) is 5. The molecule has 2 aliphatic rings. The smallest absolute Gasteiger partial charge is 0.229 e. The number of halogens is 1. The van der Waals surface area contributed by atoms with E-state index in [2.05, 4.69) is 26.6 Å². The van der Waals surface area contributed by atoms with E-state index >= 15 is 0 Å². The van der Waals surface area contributed by atoms with E-state index in [0.717, 1.165) is 49.9 Å². The van der Waals surface area contributed by atoms with Crippen molar-refractivity contribution in [1.29, 1.82) is 0 Å². The molecule has 0 bridgehead atoms. The molecular weight excluding hydrogens is 519 g/mol. The van der Waals surface area contributed by atoms with Gasteiger partial charge in [-0.2, -0.15) is 0 Å². The van der Waals surface area contributed by atoms with Crippen LogP contribution in [-0.4, -0.2) is 62.3 Å². The molecule has 2 saturated heterocycles. The minimum atomic E-state index is 0. The van der Waals surface area contributed by atoms with Gasteiger partial charge in [0, 0.05) is 50.0 Å². The van der Waals surface area contributed by atoms with Crippen molar-refractivity contribution in [1.82, 2.24) is 15.6 Å². The number of ether oxygens (including phenoxy) is 1.